The topological polar surface area (TPSA) is 71.5 Å². The van der Waals surface area contributed by atoms with Gasteiger partial charge >= 0.3 is 6.18 Å². The zero-order valence-electron chi connectivity index (χ0n) is 15.3. The van der Waals surface area contributed by atoms with Gasteiger partial charge < -0.3 is 15.2 Å². The smallest absolute Gasteiger partial charge is 0.416 e. The predicted molar refractivity (Wildman–Crippen MR) is 101 cm³/mol. The van der Waals surface area contributed by atoms with E-state index in [1.54, 1.807) is 43.3 Å². The molecule has 3 rings (SSSR count). The van der Waals surface area contributed by atoms with Gasteiger partial charge in [-0.1, -0.05) is 12.1 Å². The summed E-state index contributed by atoms with van der Waals surface area (Å²) in [7, 11) is 0. The number of nitrogens with one attached hydrogen (secondary N) is 1. The van der Waals surface area contributed by atoms with E-state index in [4.69, 9.17) is 4.74 Å². The molecular weight excluding hydrogens is 385 g/mol. The molecular formula is C21H17F3N2O3. The lowest BCUT2D eigenvalue weighted by atomic mass is 10.1. The first-order chi connectivity index (χ1) is 13.7. The highest BCUT2D eigenvalue weighted by Crippen LogP contribution is 2.29. The number of alkyl halides is 3. The first-order valence-corrected chi connectivity index (χ1v) is 8.63. The minimum Gasteiger partial charge on any atom is -0.439 e. The molecule has 1 heterocycles. The number of halogens is 3. The maximum Gasteiger partial charge on any atom is 0.416 e. The van der Waals surface area contributed by atoms with Gasteiger partial charge in [0.2, 0.25) is 5.88 Å². The number of benzene rings is 2. The van der Waals surface area contributed by atoms with Gasteiger partial charge in [0.1, 0.15) is 5.75 Å². The Balaban J connectivity index is 1.62. The fraction of sp³-hybridized carbons (Fsp3) is 0.143. The maximum atomic E-state index is 12.6. The molecule has 0 fully saturated rings. The molecule has 1 aromatic heterocycles. The van der Waals surface area contributed by atoms with E-state index in [1.165, 1.54) is 6.20 Å². The van der Waals surface area contributed by atoms with Crippen LogP contribution in [0.2, 0.25) is 0 Å². The number of ether oxygens (including phenoxy) is 1. The number of aliphatic hydroxyl groups is 1. The van der Waals surface area contributed by atoms with Crippen molar-refractivity contribution in [3.63, 3.8) is 0 Å². The predicted octanol–water partition coefficient (Wildman–Crippen LogP) is 5.20. The third-order valence-corrected chi connectivity index (χ3v) is 4.05. The average Bonchev–Trinajstić information content (AvgIpc) is 2.69. The minimum absolute atomic E-state index is 0.0940. The van der Waals surface area contributed by atoms with E-state index in [-0.39, 0.29) is 5.56 Å². The van der Waals surface area contributed by atoms with Crippen molar-refractivity contribution in [3.05, 3.63) is 83.6 Å². The van der Waals surface area contributed by atoms with Gasteiger partial charge in [0, 0.05) is 11.6 Å². The second-order valence-corrected chi connectivity index (χ2v) is 6.26. The third-order valence-electron chi connectivity index (χ3n) is 4.05. The molecule has 2 N–H and O–H groups in total. The van der Waals surface area contributed by atoms with E-state index in [1.807, 2.05) is 0 Å². The van der Waals surface area contributed by atoms with Crippen molar-refractivity contribution in [1.82, 2.24) is 4.98 Å². The van der Waals surface area contributed by atoms with E-state index >= 15 is 0 Å². The molecule has 0 aliphatic heterocycles. The molecule has 0 aliphatic carbocycles. The summed E-state index contributed by atoms with van der Waals surface area (Å²) in [6, 6.07) is 13.9. The van der Waals surface area contributed by atoms with E-state index in [0.29, 0.717) is 17.3 Å². The standard InChI is InChI=1S/C21H17F3N2O3/c1-13(27)14-4-9-18(10-5-14)29-19-11-8-17(12-25-19)26-20(28)15-2-6-16(7-3-15)21(22,23)24/h2-13,27H,1H3,(H,26,28). The molecule has 150 valence electrons. The van der Waals surface area contributed by atoms with Gasteiger partial charge in [-0.05, 0) is 55.0 Å². The summed E-state index contributed by atoms with van der Waals surface area (Å²) in [5.74, 6) is 0.272. The molecule has 5 nitrogen and oxygen atoms in total. The average molecular weight is 402 g/mol. The van der Waals surface area contributed by atoms with Crippen LogP contribution in [0.1, 0.15) is 34.5 Å². The molecule has 0 saturated carbocycles. The van der Waals surface area contributed by atoms with Crippen LogP contribution in [0.3, 0.4) is 0 Å². The minimum atomic E-state index is -4.45. The molecule has 1 amide bonds. The number of carbonyl (C=O) groups excluding carboxylic acids is 1. The molecule has 29 heavy (non-hydrogen) atoms. The van der Waals surface area contributed by atoms with Crippen molar-refractivity contribution in [2.45, 2.75) is 19.2 Å². The Morgan fingerprint density at radius 1 is 1.03 bits per heavy atom. The Labute approximate surface area is 164 Å². The van der Waals surface area contributed by atoms with Gasteiger partial charge in [-0.25, -0.2) is 4.98 Å². The van der Waals surface area contributed by atoms with Crippen molar-refractivity contribution >= 4 is 11.6 Å². The van der Waals surface area contributed by atoms with Crippen LogP contribution in [0.4, 0.5) is 18.9 Å². The van der Waals surface area contributed by atoms with Crippen LogP contribution in [0, 0.1) is 0 Å². The van der Waals surface area contributed by atoms with Crippen molar-refractivity contribution in [2.75, 3.05) is 5.32 Å². The third kappa shape index (κ3) is 5.32. The summed E-state index contributed by atoms with van der Waals surface area (Å²) in [4.78, 5) is 16.3. The summed E-state index contributed by atoms with van der Waals surface area (Å²) < 4.78 is 43.3. The lowest BCUT2D eigenvalue weighted by Gasteiger charge is -2.09. The molecule has 0 radical (unpaired) electrons. The first kappa shape index (κ1) is 20.3. The fourth-order valence-corrected chi connectivity index (χ4v) is 2.46. The zero-order valence-corrected chi connectivity index (χ0v) is 15.3. The molecule has 0 aliphatic rings. The lowest BCUT2D eigenvalue weighted by Crippen LogP contribution is -2.13. The van der Waals surface area contributed by atoms with Crippen LogP contribution in [0.15, 0.2) is 66.9 Å². The zero-order chi connectivity index (χ0) is 21.0. The highest BCUT2D eigenvalue weighted by Gasteiger charge is 2.30. The van der Waals surface area contributed by atoms with E-state index < -0.39 is 23.8 Å². The van der Waals surface area contributed by atoms with Crippen molar-refractivity contribution in [2.24, 2.45) is 0 Å². The molecule has 1 atom stereocenters. The summed E-state index contributed by atoms with van der Waals surface area (Å²) in [6.07, 6.45) is -3.65. The second-order valence-electron chi connectivity index (χ2n) is 6.26. The SMILES string of the molecule is CC(O)c1ccc(Oc2ccc(NC(=O)c3ccc(C(F)(F)F)cc3)cn2)cc1. The molecule has 2 aromatic carbocycles. The van der Waals surface area contributed by atoms with Crippen LogP contribution in [0.5, 0.6) is 11.6 Å². The number of hydrogen-bond donors (Lipinski definition) is 2. The highest BCUT2D eigenvalue weighted by atomic mass is 19.4. The largest absolute Gasteiger partial charge is 0.439 e. The van der Waals surface area contributed by atoms with E-state index in [9.17, 15) is 23.1 Å². The summed E-state index contributed by atoms with van der Waals surface area (Å²) in [5, 5.41) is 12.1. The Morgan fingerprint density at radius 2 is 1.69 bits per heavy atom. The monoisotopic (exact) mass is 402 g/mol. The van der Waals surface area contributed by atoms with Gasteiger partial charge in [-0.3, -0.25) is 4.79 Å². The van der Waals surface area contributed by atoms with Crippen LogP contribution in [-0.2, 0) is 6.18 Å². The van der Waals surface area contributed by atoms with Gasteiger partial charge in [0.05, 0.1) is 23.6 Å². The number of rotatable bonds is 5. The fourth-order valence-electron chi connectivity index (χ4n) is 2.46. The molecule has 8 heteroatoms. The van der Waals surface area contributed by atoms with Crippen LogP contribution in [-0.4, -0.2) is 16.0 Å². The number of amides is 1. The van der Waals surface area contributed by atoms with E-state index in [0.717, 1.165) is 29.8 Å². The number of aliphatic hydroxyl groups excluding tert-OH is 1. The molecule has 3 aromatic rings. The summed E-state index contributed by atoms with van der Waals surface area (Å²) >= 11 is 0. The van der Waals surface area contributed by atoms with Crippen LogP contribution >= 0.6 is 0 Å². The van der Waals surface area contributed by atoms with Gasteiger partial charge in [0.15, 0.2) is 0 Å². The Kier molecular flexibility index (Phi) is 5.84. The van der Waals surface area contributed by atoms with Crippen LogP contribution in [0.25, 0.3) is 0 Å². The number of nitrogens with zero attached hydrogens (tertiary/aromatic N) is 1. The van der Waals surface area contributed by atoms with Crippen LogP contribution < -0.4 is 10.1 Å². The maximum absolute atomic E-state index is 12.6. The van der Waals surface area contributed by atoms with Gasteiger partial charge in [0.25, 0.3) is 5.91 Å². The molecule has 1 unspecified atom stereocenters. The van der Waals surface area contributed by atoms with Gasteiger partial charge in [-0.15, -0.1) is 0 Å². The van der Waals surface area contributed by atoms with Crippen molar-refractivity contribution < 1.29 is 27.8 Å². The normalized spacial score (nSPS) is 12.3. The number of aromatic nitrogens is 1. The quantitative estimate of drug-likeness (QED) is 0.616. The second kappa shape index (κ2) is 8.32. The highest BCUT2D eigenvalue weighted by molar-refractivity contribution is 6.04. The number of hydrogen-bond acceptors (Lipinski definition) is 4. The summed E-state index contributed by atoms with van der Waals surface area (Å²) in [5.41, 5.74) is 0.397. The Morgan fingerprint density at radius 3 is 2.21 bits per heavy atom. The van der Waals surface area contributed by atoms with E-state index in [2.05, 4.69) is 10.3 Å². The Bertz CT molecular complexity index is 968. The molecule has 0 bridgehead atoms. The van der Waals surface area contributed by atoms with Gasteiger partial charge in [-0.2, -0.15) is 13.2 Å². The first-order valence-electron chi connectivity index (χ1n) is 8.63. The molecule has 0 saturated heterocycles. The number of pyridine rings is 1. The van der Waals surface area contributed by atoms with Crippen molar-refractivity contribution in [3.8, 4) is 11.6 Å². The number of anilines is 1. The molecule has 0 spiro atoms. The lowest BCUT2D eigenvalue weighted by molar-refractivity contribution is -0.137. The Hall–Kier alpha value is -3.39. The number of carbonyl (C=O) groups is 1. The van der Waals surface area contributed by atoms with Crippen molar-refractivity contribution in [1.29, 1.82) is 0 Å². The summed E-state index contributed by atoms with van der Waals surface area (Å²) in [6.45, 7) is 1.66.